The van der Waals surface area contributed by atoms with Crippen LogP contribution in [0.1, 0.15) is 25.7 Å². The fraction of sp³-hybridized carbons (Fsp3) is 0.417. The molecule has 0 aliphatic heterocycles. The first-order valence-corrected chi connectivity index (χ1v) is 7.88. The molecule has 1 aliphatic rings. The smallest absolute Gasteiger partial charge is 0.188 e. The number of hydrogen-bond donors (Lipinski definition) is 0. The monoisotopic (exact) mass is 316 g/mol. The van der Waals surface area contributed by atoms with Crippen LogP contribution in [0.25, 0.3) is 0 Å². The van der Waals surface area contributed by atoms with Crippen LogP contribution >= 0.6 is 15.9 Å². The van der Waals surface area contributed by atoms with Gasteiger partial charge in [0.15, 0.2) is 15.6 Å². The zero-order chi connectivity index (χ0) is 12.5. The molecule has 17 heavy (non-hydrogen) atoms. The van der Waals surface area contributed by atoms with E-state index in [1.54, 1.807) is 24.3 Å². The molecule has 0 saturated heterocycles. The predicted octanol–water partition coefficient (Wildman–Crippen LogP) is 2.73. The third-order valence-electron chi connectivity index (χ3n) is 3.02. The number of benzene rings is 1. The first-order valence-electron chi connectivity index (χ1n) is 5.54. The van der Waals surface area contributed by atoms with Crippen LogP contribution < -0.4 is 0 Å². The van der Waals surface area contributed by atoms with Crippen molar-refractivity contribution in [2.75, 3.05) is 0 Å². The Morgan fingerprint density at radius 1 is 1.12 bits per heavy atom. The molecule has 1 unspecified atom stereocenters. The largest absolute Gasteiger partial charge is 0.298 e. The van der Waals surface area contributed by atoms with Crippen molar-refractivity contribution >= 4 is 31.6 Å². The van der Waals surface area contributed by atoms with E-state index in [0.717, 1.165) is 17.3 Å². The molecule has 3 nitrogen and oxygen atoms in total. The molecule has 0 amide bonds. The van der Waals surface area contributed by atoms with Crippen molar-refractivity contribution in [3.8, 4) is 0 Å². The normalized spacial score (nSPS) is 21.5. The molecule has 92 valence electrons. The Hall–Kier alpha value is -0.680. The molecule has 0 radical (unpaired) electrons. The molecule has 2 rings (SSSR count). The van der Waals surface area contributed by atoms with Crippen molar-refractivity contribution in [1.82, 2.24) is 0 Å². The Bertz CT molecular complexity index is 519. The molecule has 0 bridgehead atoms. The Balaban J connectivity index is 2.35. The lowest BCUT2D eigenvalue weighted by atomic mass is 9.99. The molecule has 1 aromatic rings. The van der Waals surface area contributed by atoms with Gasteiger partial charge in [0.05, 0.1) is 4.90 Å². The fourth-order valence-corrected chi connectivity index (χ4v) is 4.12. The van der Waals surface area contributed by atoms with Crippen LogP contribution in [0.4, 0.5) is 0 Å². The van der Waals surface area contributed by atoms with Gasteiger partial charge in [-0.25, -0.2) is 8.42 Å². The van der Waals surface area contributed by atoms with Gasteiger partial charge < -0.3 is 0 Å². The van der Waals surface area contributed by atoms with Gasteiger partial charge in [0.2, 0.25) is 0 Å². The summed E-state index contributed by atoms with van der Waals surface area (Å²) < 4.78 is 25.4. The van der Waals surface area contributed by atoms with Gasteiger partial charge >= 0.3 is 0 Å². The summed E-state index contributed by atoms with van der Waals surface area (Å²) in [4.78, 5) is 11.9. The van der Waals surface area contributed by atoms with Crippen molar-refractivity contribution in [2.45, 2.75) is 35.8 Å². The Kier molecular flexibility index (Phi) is 3.68. The topological polar surface area (TPSA) is 51.2 Å². The maximum atomic E-state index is 12.3. The Labute approximate surface area is 109 Å². The summed E-state index contributed by atoms with van der Waals surface area (Å²) in [5, 5.41) is -0.836. The van der Waals surface area contributed by atoms with Crippen molar-refractivity contribution in [1.29, 1.82) is 0 Å². The zero-order valence-electron chi connectivity index (χ0n) is 9.23. The van der Waals surface area contributed by atoms with Crippen LogP contribution in [-0.2, 0) is 14.6 Å². The summed E-state index contributed by atoms with van der Waals surface area (Å²) in [6.45, 7) is 0. The molecule has 1 saturated carbocycles. The Morgan fingerprint density at radius 3 is 2.35 bits per heavy atom. The summed E-state index contributed by atoms with van der Waals surface area (Å²) >= 11 is 3.26. The molecule has 0 heterocycles. The van der Waals surface area contributed by atoms with Gasteiger partial charge in [0.25, 0.3) is 0 Å². The molecular weight excluding hydrogens is 304 g/mol. The van der Waals surface area contributed by atoms with Gasteiger partial charge in [-0.2, -0.15) is 0 Å². The quantitative estimate of drug-likeness (QED) is 0.843. The third kappa shape index (κ3) is 2.60. The first kappa shape index (κ1) is 12.8. The molecule has 0 spiro atoms. The second-order valence-electron chi connectivity index (χ2n) is 4.20. The van der Waals surface area contributed by atoms with E-state index >= 15 is 0 Å². The number of sulfone groups is 1. The summed E-state index contributed by atoms with van der Waals surface area (Å²) in [6.07, 6.45) is 2.47. The number of ketones is 1. The summed E-state index contributed by atoms with van der Waals surface area (Å²) in [5.74, 6) is -0.140. The summed E-state index contributed by atoms with van der Waals surface area (Å²) in [5.41, 5.74) is 0. The minimum absolute atomic E-state index is 0.140. The van der Waals surface area contributed by atoms with E-state index in [9.17, 15) is 13.2 Å². The van der Waals surface area contributed by atoms with Crippen molar-refractivity contribution in [2.24, 2.45) is 0 Å². The van der Waals surface area contributed by atoms with Crippen LogP contribution in [0.5, 0.6) is 0 Å². The first-order chi connectivity index (χ1) is 8.01. The van der Waals surface area contributed by atoms with E-state index in [2.05, 4.69) is 15.9 Å². The zero-order valence-corrected chi connectivity index (χ0v) is 11.6. The lowest BCUT2D eigenvalue weighted by Crippen LogP contribution is -2.33. The molecular formula is C12H13BrO3S. The minimum Gasteiger partial charge on any atom is -0.298 e. The number of carbonyl (C=O) groups excluding carboxylic acids is 1. The second kappa shape index (κ2) is 4.90. The predicted molar refractivity (Wildman–Crippen MR) is 68.6 cm³/mol. The van der Waals surface area contributed by atoms with Crippen LogP contribution in [-0.4, -0.2) is 19.5 Å². The van der Waals surface area contributed by atoms with Gasteiger partial charge in [-0.15, -0.1) is 0 Å². The lowest BCUT2D eigenvalue weighted by molar-refractivity contribution is -0.119. The highest BCUT2D eigenvalue weighted by Gasteiger charge is 2.35. The molecule has 1 aliphatic carbocycles. The van der Waals surface area contributed by atoms with Crippen LogP contribution in [0.3, 0.4) is 0 Å². The molecule has 1 atom stereocenters. The SMILES string of the molecule is O=C1CCCCC1S(=O)(=O)c1ccc(Br)cc1. The fourth-order valence-electron chi connectivity index (χ4n) is 2.07. The van der Waals surface area contributed by atoms with E-state index in [-0.39, 0.29) is 10.7 Å². The molecule has 0 N–H and O–H groups in total. The van der Waals surface area contributed by atoms with E-state index in [4.69, 9.17) is 0 Å². The summed E-state index contributed by atoms with van der Waals surface area (Å²) in [6, 6.07) is 6.45. The Morgan fingerprint density at radius 2 is 1.76 bits per heavy atom. The number of hydrogen-bond acceptors (Lipinski definition) is 3. The highest BCUT2D eigenvalue weighted by atomic mass is 79.9. The highest BCUT2D eigenvalue weighted by molar-refractivity contribution is 9.10. The molecule has 1 aromatic carbocycles. The third-order valence-corrected chi connectivity index (χ3v) is 5.72. The molecule has 1 fully saturated rings. The van der Waals surface area contributed by atoms with E-state index in [1.807, 2.05) is 0 Å². The van der Waals surface area contributed by atoms with Gasteiger partial charge in [0, 0.05) is 10.9 Å². The molecule has 0 aromatic heterocycles. The number of carbonyl (C=O) groups is 1. The average molecular weight is 317 g/mol. The minimum atomic E-state index is -3.50. The van der Waals surface area contributed by atoms with E-state index in [0.29, 0.717) is 12.8 Å². The number of halogens is 1. The van der Waals surface area contributed by atoms with Crippen molar-refractivity contribution < 1.29 is 13.2 Å². The van der Waals surface area contributed by atoms with Crippen LogP contribution in [0.2, 0.25) is 0 Å². The van der Waals surface area contributed by atoms with E-state index in [1.165, 1.54) is 0 Å². The van der Waals surface area contributed by atoms with Gasteiger partial charge in [-0.1, -0.05) is 22.4 Å². The standard InChI is InChI=1S/C12H13BrO3S/c13-9-5-7-10(8-6-9)17(15,16)12-4-2-1-3-11(12)14/h5-8,12H,1-4H2. The van der Waals surface area contributed by atoms with Crippen molar-refractivity contribution in [3.05, 3.63) is 28.7 Å². The van der Waals surface area contributed by atoms with Crippen LogP contribution in [0, 0.1) is 0 Å². The maximum absolute atomic E-state index is 12.3. The lowest BCUT2D eigenvalue weighted by Gasteiger charge is -2.20. The van der Waals surface area contributed by atoms with Gasteiger partial charge in [0.1, 0.15) is 5.25 Å². The average Bonchev–Trinajstić information content (AvgIpc) is 2.30. The highest BCUT2D eigenvalue weighted by Crippen LogP contribution is 2.27. The van der Waals surface area contributed by atoms with Crippen molar-refractivity contribution in [3.63, 3.8) is 0 Å². The number of rotatable bonds is 2. The van der Waals surface area contributed by atoms with Gasteiger partial charge in [-0.3, -0.25) is 4.79 Å². The van der Waals surface area contributed by atoms with E-state index < -0.39 is 15.1 Å². The second-order valence-corrected chi connectivity index (χ2v) is 7.25. The number of Topliss-reactive ketones (excluding diaryl/α,β-unsaturated/α-hetero) is 1. The molecule has 5 heteroatoms. The van der Waals surface area contributed by atoms with Crippen LogP contribution in [0.15, 0.2) is 33.6 Å². The summed E-state index contributed by atoms with van der Waals surface area (Å²) in [7, 11) is -3.50. The van der Waals surface area contributed by atoms with Gasteiger partial charge in [-0.05, 0) is 37.1 Å². The maximum Gasteiger partial charge on any atom is 0.188 e.